The van der Waals surface area contributed by atoms with E-state index >= 15 is 0 Å². The van der Waals surface area contributed by atoms with E-state index in [0.717, 1.165) is 0 Å². The van der Waals surface area contributed by atoms with Gasteiger partial charge in [0.05, 0.1) is 26.9 Å². The van der Waals surface area contributed by atoms with Gasteiger partial charge in [-0.15, -0.1) is 11.3 Å². The number of rotatable bonds is 6. The van der Waals surface area contributed by atoms with Crippen LogP contribution in [-0.2, 0) is 0 Å². The van der Waals surface area contributed by atoms with Crippen molar-refractivity contribution in [2.24, 2.45) is 5.73 Å². The predicted molar refractivity (Wildman–Crippen MR) is 86.9 cm³/mol. The van der Waals surface area contributed by atoms with E-state index in [1.165, 1.54) is 44.8 Å². The molecule has 2 amide bonds. The first kappa shape index (κ1) is 16.6. The summed E-state index contributed by atoms with van der Waals surface area (Å²) < 4.78 is 15.6. The third kappa shape index (κ3) is 3.37. The standard InChI is InChI=1S/C15H16N2O5S/c1-20-10-6-8(7-11(21-2)12(10)22-3)14(19)17-15-9(13(16)18)4-5-23-15/h4-7H,1-3H3,(H2,16,18)(H,17,19). The number of ether oxygens (including phenoxy) is 3. The maximum absolute atomic E-state index is 12.4. The molecule has 1 aromatic heterocycles. The monoisotopic (exact) mass is 336 g/mol. The Morgan fingerprint density at radius 1 is 1.09 bits per heavy atom. The van der Waals surface area contributed by atoms with Gasteiger partial charge in [0.25, 0.3) is 11.8 Å². The molecule has 122 valence electrons. The molecule has 8 heteroatoms. The molecule has 0 saturated heterocycles. The van der Waals surface area contributed by atoms with Crippen LogP contribution in [0.5, 0.6) is 17.2 Å². The van der Waals surface area contributed by atoms with Crippen molar-refractivity contribution in [2.45, 2.75) is 0 Å². The number of benzene rings is 1. The number of nitrogens with one attached hydrogen (secondary N) is 1. The van der Waals surface area contributed by atoms with E-state index in [9.17, 15) is 9.59 Å². The first-order valence-electron chi connectivity index (χ1n) is 6.50. The summed E-state index contributed by atoms with van der Waals surface area (Å²) in [5.41, 5.74) is 5.82. The van der Waals surface area contributed by atoms with Crippen LogP contribution < -0.4 is 25.3 Å². The number of amides is 2. The van der Waals surface area contributed by atoms with Crippen LogP contribution in [0.1, 0.15) is 20.7 Å². The fraction of sp³-hybridized carbons (Fsp3) is 0.200. The van der Waals surface area contributed by atoms with Gasteiger partial charge < -0.3 is 25.3 Å². The van der Waals surface area contributed by atoms with Crippen LogP contribution in [0, 0.1) is 0 Å². The Hall–Kier alpha value is -2.74. The molecule has 7 nitrogen and oxygen atoms in total. The van der Waals surface area contributed by atoms with Crippen molar-refractivity contribution in [3.8, 4) is 17.2 Å². The third-order valence-electron chi connectivity index (χ3n) is 3.08. The number of nitrogens with two attached hydrogens (primary N) is 1. The minimum Gasteiger partial charge on any atom is -0.493 e. The van der Waals surface area contributed by atoms with Crippen molar-refractivity contribution in [2.75, 3.05) is 26.6 Å². The lowest BCUT2D eigenvalue weighted by molar-refractivity contribution is 0.100. The topological polar surface area (TPSA) is 99.9 Å². The number of primary amides is 1. The molecule has 0 unspecified atom stereocenters. The van der Waals surface area contributed by atoms with Crippen LogP contribution in [0.3, 0.4) is 0 Å². The summed E-state index contributed by atoms with van der Waals surface area (Å²) in [5, 5.41) is 4.71. The molecule has 0 fully saturated rings. The van der Waals surface area contributed by atoms with Crippen LogP contribution in [-0.4, -0.2) is 33.1 Å². The number of thiophene rings is 1. The van der Waals surface area contributed by atoms with E-state index in [2.05, 4.69) is 5.32 Å². The number of carbonyl (C=O) groups excluding carboxylic acids is 2. The third-order valence-corrected chi connectivity index (χ3v) is 3.91. The van der Waals surface area contributed by atoms with Crippen molar-refractivity contribution in [3.05, 3.63) is 34.7 Å². The Labute approximate surface area is 137 Å². The largest absolute Gasteiger partial charge is 0.493 e. The summed E-state index contributed by atoms with van der Waals surface area (Å²) in [5.74, 6) is 0.0813. The summed E-state index contributed by atoms with van der Waals surface area (Å²) >= 11 is 1.21. The molecule has 1 aromatic carbocycles. The zero-order chi connectivity index (χ0) is 17.0. The van der Waals surface area contributed by atoms with Crippen LogP contribution in [0.2, 0.25) is 0 Å². The molecule has 0 atom stereocenters. The van der Waals surface area contributed by atoms with Crippen molar-refractivity contribution < 1.29 is 23.8 Å². The molecule has 0 radical (unpaired) electrons. The Balaban J connectivity index is 2.36. The molecule has 0 aliphatic heterocycles. The van der Waals surface area contributed by atoms with Crippen molar-refractivity contribution in [1.29, 1.82) is 0 Å². The fourth-order valence-electron chi connectivity index (χ4n) is 1.99. The minimum atomic E-state index is -0.605. The van der Waals surface area contributed by atoms with Gasteiger partial charge in [-0.05, 0) is 23.6 Å². The molecule has 2 aromatic rings. The van der Waals surface area contributed by atoms with Gasteiger partial charge in [0.1, 0.15) is 5.00 Å². The maximum atomic E-state index is 12.4. The van der Waals surface area contributed by atoms with Gasteiger partial charge in [-0.2, -0.15) is 0 Å². The van der Waals surface area contributed by atoms with Gasteiger partial charge >= 0.3 is 0 Å². The van der Waals surface area contributed by atoms with Gasteiger partial charge in [0.2, 0.25) is 5.75 Å². The molecule has 0 bridgehead atoms. The van der Waals surface area contributed by atoms with Crippen molar-refractivity contribution in [1.82, 2.24) is 0 Å². The second kappa shape index (κ2) is 7.01. The number of anilines is 1. The molecule has 0 aliphatic rings. The Kier molecular flexibility index (Phi) is 5.07. The Bertz CT molecular complexity index is 716. The average Bonchev–Trinajstić information content (AvgIpc) is 3.01. The lowest BCUT2D eigenvalue weighted by Gasteiger charge is -2.14. The van der Waals surface area contributed by atoms with E-state index in [0.29, 0.717) is 27.8 Å². The molecule has 0 aliphatic carbocycles. The normalized spacial score (nSPS) is 10.0. The second-order valence-electron chi connectivity index (χ2n) is 4.40. The quantitative estimate of drug-likeness (QED) is 0.842. The smallest absolute Gasteiger partial charge is 0.256 e. The van der Waals surface area contributed by atoms with Gasteiger partial charge in [-0.3, -0.25) is 9.59 Å². The Morgan fingerprint density at radius 2 is 1.70 bits per heavy atom. The first-order valence-corrected chi connectivity index (χ1v) is 7.38. The molecular formula is C15H16N2O5S. The highest BCUT2D eigenvalue weighted by molar-refractivity contribution is 7.14. The van der Waals surface area contributed by atoms with E-state index in [1.54, 1.807) is 11.4 Å². The molecule has 1 heterocycles. The second-order valence-corrected chi connectivity index (χ2v) is 5.31. The van der Waals surface area contributed by atoms with E-state index in [-0.39, 0.29) is 5.56 Å². The van der Waals surface area contributed by atoms with Gasteiger partial charge in [0, 0.05) is 5.56 Å². The molecule has 0 spiro atoms. The van der Waals surface area contributed by atoms with E-state index in [4.69, 9.17) is 19.9 Å². The fourth-order valence-corrected chi connectivity index (χ4v) is 2.77. The van der Waals surface area contributed by atoms with E-state index in [1.807, 2.05) is 0 Å². The zero-order valence-corrected chi connectivity index (χ0v) is 13.7. The van der Waals surface area contributed by atoms with Crippen LogP contribution in [0.25, 0.3) is 0 Å². The molecule has 23 heavy (non-hydrogen) atoms. The SMILES string of the molecule is COc1cc(C(=O)Nc2sccc2C(N)=O)cc(OC)c1OC. The molecule has 2 rings (SSSR count). The minimum absolute atomic E-state index is 0.260. The van der Waals surface area contributed by atoms with Gasteiger partial charge in [-0.1, -0.05) is 0 Å². The molecule has 3 N–H and O–H groups in total. The summed E-state index contributed by atoms with van der Waals surface area (Å²) in [7, 11) is 4.40. The highest BCUT2D eigenvalue weighted by Crippen LogP contribution is 2.38. The van der Waals surface area contributed by atoms with Gasteiger partial charge in [0.15, 0.2) is 11.5 Å². The summed E-state index contributed by atoms with van der Waals surface area (Å²) in [6.07, 6.45) is 0. The zero-order valence-electron chi connectivity index (χ0n) is 12.8. The lowest BCUT2D eigenvalue weighted by atomic mass is 10.1. The number of hydrogen-bond acceptors (Lipinski definition) is 6. The van der Waals surface area contributed by atoms with Crippen molar-refractivity contribution >= 4 is 28.2 Å². The highest BCUT2D eigenvalue weighted by Gasteiger charge is 2.19. The van der Waals surface area contributed by atoms with Crippen LogP contribution >= 0.6 is 11.3 Å². The number of hydrogen-bond donors (Lipinski definition) is 2. The lowest BCUT2D eigenvalue weighted by Crippen LogP contribution is -2.16. The van der Waals surface area contributed by atoms with Crippen LogP contribution in [0.15, 0.2) is 23.6 Å². The first-order chi connectivity index (χ1) is 11.0. The number of methoxy groups -OCH3 is 3. The predicted octanol–water partition coefficient (Wildman–Crippen LogP) is 2.13. The average molecular weight is 336 g/mol. The van der Waals surface area contributed by atoms with Crippen LogP contribution in [0.4, 0.5) is 5.00 Å². The summed E-state index contributed by atoms with van der Waals surface area (Å²) in [4.78, 5) is 23.7. The molecular weight excluding hydrogens is 320 g/mol. The highest BCUT2D eigenvalue weighted by atomic mass is 32.1. The summed E-state index contributed by atoms with van der Waals surface area (Å²) in [6.45, 7) is 0. The van der Waals surface area contributed by atoms with Gasteiger partial charge in [-0.25, -0.2) is 0 Å². The Morgan fingerprint density at radius 3 is 2.17 bits per heavy atom. The maximum Gasteiger partial charge on any atom is 0.256 e. The van der Waals surface area contributed by atoms with Crippen molar-refractivity contribution in [3.63, 3.8) is 0 Å². The van der Waals surface area contributed by atoms with E-state index < -0.39 is 11.8 Å². The number of carbonyl (C=O) groups is 2. The summed E-state index contributed by atoms with van der Waals surface area (Å²) in [6, 6.07) is 4.60. The molecule has 0 saturated carbocycles.